The third-order valence-corrected chi connectivity index (χ3v) is 3.00. The van der Waals surface area contributed by atoms with Crippen LogP contribution in [0.1, 0.15) is 47.0 Å². The van der Waals surface area contributed by atoms with Crippen molar-refractivity contribution in [2.45, 2.75) is 47.0 Å². The fourth-order valence-electron chi connectivity index (χ4n) is 1.26. The van der Waals surface area contributed by atoms with Gasteiger partial charge in [0.25, 0.3) is 0 Å². The molecule has 0 aliphatic carbocycles. The van der Waals surface area contributed by atoms with Gasteiger partial charge in [0.2, 0.25) is 0 Å². The Kier molecular flexibility index (Phi) is 8.85. The van der Waals surface area contributed by atoms with Gasteiger partial charge in [0, 0.05) is 37.3 Å². The molecule has 0 aromatic heterocycles. The highest BCUT2D eigenvalue weighted by Crippen LogP contribution is 2.16. The van der Waals surface area contributed by atoms with Crippen molar-refractivity contribution in [1.29, 1.82) is 0 Å². The van der Waals surface area contributed by atoms with Gasteiger partial charge < -0.3 is 19.1 Å². The van der Waals surface area contributed by atoms with E-state index in [-0.39, 0.29) is 10.8 Å². The first-order valence-electron chi connectivity index (χ1n) is 6.91. The lowest BCUT2D eigenvalue weighted by atomic mass is 9.92. The van der Waals surface area contributed by atoms with Crippen LogP contribution in [0.3, 0.4) is 0 Å². The minimum Gasteiger partial charge on any atom is -0.381 e. The summed E-state index contributed by atoms with van der Waals surface area (Å²) in [5.74, 6) is 0. The lowest BCUT2D eigenvalue weighted by molar-refractivity contribution is -0.116. The zero-order chi connectivity index (χ0) is 14.8. The number of carbonyl (C=O) groups is 2. The summed E-state index contributed by atoms with van der Waals surface area (Å²) in [7, 11) is 0. The van der Waals surface area contributed by atoms with E-state index < -0.39 is 0 Å². The molecule has 0 bridgehead atoms. The molecule has 0 saturated carbocycles. The van der Waals surface area contributed by atoms with Crippen molar-refractivity contribution in [3.05, 3.63) is 0 Å². The van der Waals surface area contributed by atoms with E-state index in [2.05, 4.69) is 0 Å². The smallest absolute Gasteiger partial charge is 0.125 e. The standard InChI is InChI=1S/C15H28O4/c1-14(2,12-16)6-10-18-8-5-9-19-11-7-15(3,4)13-17/h12-13H,5-11H2,1-4H3. The van der Waals surface area contributed by atoms with Crippen LogP contribution in [0.2, 0.25) is 0 Å². The van der Waals surface area contributed by atoms with E-state index in [4.69, 9.17) is 9.47 Å². The molecule has 0 aromatic carbocycles. The molecule has 0 heterocycles. The molecule has 112 valence electrons. The van der Waals surface area contributed by atoms with E-state index >= 15 is 0 Å². The first kappa shape index (κ1) is 18.3. The molecular formula is C15H28O4. The van der Waals surface area contributed by atoms with Crippen LogP contribution in [0.5, 0.6) is 0 Å². The van der Waals surface area contributed by atoms with Crippen molar-refractivity contribution >= 4 is 12.6 Å². The second kappa shape index (κ2) is 9.21. The van der Waals surface area contributed by atoms with E-state index in [0.717, 1.165) is 31.8 Å². The van der Waals surface area contributed by atoms with Crippen LogP contribution in [0, 0.1) is 10.8 Å². The average Bonchev–Trinajstić information content (AvgIpc) is 2.36. The topological polar surface area (TPSA) is 52.6 Å². The van der Waals surface area contributed by atoms with Gasteiger partial charge in [0.1, 0.15) is 12.6 Å². The highest BCUT2D eigenvalue weighted by atomic mass is 16.5. The molecule has 19 heavy (non-hydrogen) atoms. The predicted molar refractivity (Wildman–Crippen MR) is 75.2 cm³/mol. The van der Waals surface area contributed by atoms with E-state index in [0.29, 0.717) is 26.4 Å². The Morgan fingerprint density at radius 2 is 1.11 bits per heavy atom. The molecule has 0 aliphatic rings. The molecule has 0 rings (SSSR count). The SMILES string of the molecule is CC(C)(C=O)CCOCCCOCCC(C)(C)C=O. The van der Waals surface area contributed by atoms with Crippen molar-refractivity contribution < 1.29 is 19.1 Å². The summed E-state index contributed by atoms with van der Waals surface area (Å²) in [5.41, 5.74) is -0.589. The Morgan fingerprint density at radius 1 is 0.737 bits per heavy atom. The normalized spacial score (nSPS) is 12.4. The fraction of sp³-hybridized carbons (Fsp3) is 0.867. The van der Waals surface area contributed by atoms with E-state index in [9.17, 15) is 9.59 Å². The second-order valence-corrected chi connectivity index (χ2v) is 6.29. The minimum atomic E-state index is -0.295. The highest BCUT2D eigenvalue weighted by molar-refractivity contribution is 5.58. The van der Waals surface area contributed by atoms with Crippen molar-refractivity contribution in [3.8, 4) is 0 Å². The van der Waals surface area contributed by atoms with Crippen LogP contribution in [0.15, 0.2) is 0 Å². The molecule has 0 N–H and O–H groups in total. The number of hydrogen-bond acceptors (Lipinski definition) is 4. The van der Waals surface area contributed by atoms with Crippen molar-refractivity contribution in [3.63, 3.8) is 0 Å². The maximum absolute atomic E-state index is 10.7. The molecule has 0 aromatic rings. The molecule has 0 aliphatic heterocycles. The Bertz CT molecular complexity index is 233. The average molecular weight is 272 g/mol. The summed E-state index contributed by atoms with van der Waals surface area (Å²) >= 11 is 0. The van der Waals surface area contributed by atoms with E-state index in [1.54, 1.807) is 0 Å². The second-order valence-electron chi connectivity index (χ2n) is 6.29. The number of ether oxygens (including phenoxy) is 2. The molecule has 0 fully saturated rings. The Balaban J connectivity index is 3.33. The summed E-state index contributed by atoms with van der Waals surface area (Å²) in [5, 5.41) is 0. The third kappa shape index (κ3) is 10.8. The van der Waals surface area contributed by atoms with Crippen molar-refractivity contribution in [2.75, 3.05) is 26.4 Å². The Morgan fingerprint density at radius 3 is 1.42 bits per heavy atom. The molecule has 0 amide bonds. The maximum Gasteiger partial charge on any atom is 0.125 e. The summed E-state index contributed by atoms with van der Waals surface area (Å²) in [4.78, 5) is 21.3. The van der Waals surface area contributed by atoms with Gasteiger partial charge in [-0.1, -0.05) is 27.7 Å². The van der Waals surface area contributed by atoms with Crippen molar-refractivity contribution in [1.82, 2.24) is 0 Å². The molecule has 0 radical (unpaired) electrons. The van der Waals surface area contributed by atoms with Crippen LogP contribution in [0.4, 0.5) is 0 Å². The molecular weight excluding hydrogens is 244 g/mol. The van der Waals surface area contributed by atoms with Gasteiger partial charge in [-0.15, -0.1) is 0 Å². The number of aldehydes is 2. The minimum absolute atomic E-state index is 0.295. The first-order valence-corrected chi connectivity index (χ1v) is 6.91. The van der Waals surface area contributed by atoms with Crippen molar-refractivity contribution in [2.24, 2.45) is 10.8 Å². The van der Waals surface area contributed by atoms with Gasteiger partial charge in [-0.3, -0.25) is 0 Å². The Hall–Kier alpha value is -0.740. The summed E-state index contributed by atoms with van der Waals surface area (Å²) in [6, 6.07) is 0. The van der Waals surface area contributed by atoms with E-state index in [1.807, 2.05) is 27.7 Å². The lowest BCUT2D eigenvalue weighted by Gasteiger charge is -2.17. The van der Waals surface area contributed by atoms with Crippen LogP contribution in [-0.4, -0.2) is 39.0 Å². The first-order chi connectivity index (χ1) is 8.83. The quantitative estimate of drug-likeness (QED) is 0.405. The maximum atomic E-state index is 10.7. The Labute approximate surface area is 116 Å². The van der Waals surface area contributed by atoms with Gasteiger partial charge in [0.15, 0.2) is 0 Å². The van der Waals surface area contributed by atoms with Gasteiger partial charge in [0.05, 0.1) is 0 Å². The van der Waals surface area contributed by atoms with Crippen LogP contribution < -0.4 is 0 Å². The summed E-state index contributed by atoms with van der Waals surface area (Å²) in [6.07, 6.45) is 4.25. The third-order valence-electron chi connectivity index (χ3n) is 3.00. The van der Waals surface area contributed by atoms with Crippen LogP contribution >= 0.6 is 0 Å². The van der Waals surface area contributed by atoms with Crippen LogP contribution in [-0.2, 0) is 19.1 Å². The number of carbonyl (C=O) groups excluding carboxylic acids is 2. The van der Waals surface area contributed by atoms with Gasteiger partial charge in [-0.2, -0.15) is 0 Å². The number of rotatable bonds is 12. The number of hydrogen-bond donors (Lipinski definition) is 0. The van der Waals surface area contributed by atoms with E-state index in [1.165, 1.54) is 0 Å². The van der Waals surface area contributed by atoms with Gasteiger partial charge in [-0.05, 0) is 19.3 Å². The molecule has 0 atom stereocenters. The summed E-state index contributed by atoms with van der Waals surface area (Å²) < 4.78 is 10.9. The molecule has 4 heteroatoms. The van der Waals surface area contributed by atoms with Crippen LogP contribution in [0.25, 0.3) is 0 Å². The molecule has 4 nitrogen and oxygen atoms in total. The lowest BCUT2D eigenvalue weighted by Crippen LogP contribution is -2.17. The van der Waals surface area contributed by atoms with Gasteiger partial charge >= 0.3 is 0 Å². The highest BCUT2D eigenvalue weighted by Gasteiger charge is 2.16. The predicted octanol–water partition coefficient (Wildman–Crippen LogP) is 2.64. The van der Waals surface area contributed by atoms with Gasteiger partial charge in [-0.25, -0.2) is 0 Å². The fourth-order valence-corrected chi connectivity index (χ4v) is 1.26. The summed E-state index contributed by atoms with van der Waals surface area (Å²) in [6.45, 7) is 10.1. The monoisotopic (exact) mass is 272 g/mol. The largest absolute Gasteiger partial charge is 0.381 e. The zero-order valence-corrected chi connectivity index (χ0v) is 12.7. The molecule has 0 saturated heterocycles. The zero-order valence-electron chi connectivity index (χ0n) is 12.7. The molecule has 0 spiro atoms. The molecule has 0 unspecified atom stereocenters.